The number of nitrogens with one attached hydrogen (secondary N) is 1. The highest BCUT2D eigenvalue weighted by molar-refractivity contribution is 9.10. The van der Waals surface area contributed by atoms with Crippen LogP contribution in [0.3, 0.4) is 0 Å². The zero-order valence-corrected chi connectivity index (χ0v) is 14.3. The Morgan fingerprint density at radius 3 is 2.71 bits per heavy atom. The quantitative estimate of drug-likeness (QED) is 0.734. The number of benzene rings is 1. The molecule has 3 atom stereocenters. The third-order valence-corrected chi connectivity index (χ3v) is 5.28. The van der Waals surface area contributed by atoms with E-state index in [9.17, 15) is 8.78 Å². The fourth-order valence-corrected chi connectivity index (χ4v) is 3.80. The van der Waals surface area contributed by atoms with Gasteiger partial charge >= 0.3 is 0 Å². The molecular formula is C17H24BrF2N. The van der Waals surface area contributed by atoms with Crippen molar-refractivity contribution in [1.82, 2.24) is 5.32 Å². The van der Waals surface area contributed by atoms with Crippen LogP contribution in [0.4, 0.5) is 8.78 Å². The maximum absolute atomic E-state index is 14.2. The van der Waals surface area contributed by atoms with Gasteiger partial charge in [-0.1, -0.05) is 20.3 Å². The number of hydrogen-bond acceptors (Lipinski definition) is 1. The summed E-state index contributed by atoms with van der Waals surface area (Å²) in [4.78, 5) is 0. The summed E-state index contributed by atoms with van der Waals surface area (Å²) in [5.74, 6) is 0.655. The third-order valence-electron chi connectivity index (χ3n) is 4.66. The van der Waals surface area contributed by atoms with E-state index in [1.54, 1.807) is 0 Å². The number of rotatable bonds is 5. The Morgan fingerprint density at radius 1 is 1.24 bits per heavy atom. The first kappa shape index (κ1) is 16.9. The molecule has 118 valence electrons. The van der Waals surface area contributed by atoms with Gasteiger partial charge in [0.2, 0.25) is 0 Å². The molecular weight excluding hydrogens is 336 g/mol. The lowest BCUT2D eigenvalue weighted by atomic mass is 9.72. The van der Waals surface area contributed by atoms with Gasteiger partial charge in [-0.3, -0.25) is 0 Å². The van der Waals surface area contributed by atoms with Crippen molar-refractivity contribution in [3.8, 4) is 0 Å². The van der Waals surface area contributed by atoms with E-state index in [1.807, 2.05) is 0 Å². The van der Waals surface area contributed by atoms with Crippen LogP contribution in [0.5, 0.6) is 0 Å². The molecule has 0 radical (unpaired) electrons. The van der Waals surface area contributed by atoms with Crippen LogP contribution in [0.2, 0.25) is 0 Å². The molecule has 1 N–H and O–H groups in total. The highest BCUT2D eigenvalue weighted by Crippen LogP contribution is 2.37. The SMILES string of the molecule is CCNCC1CCC(C)CC1Cc1c(F)ccc(Br)c1F. The summed E-state index contributed by atoms with van der Waals surface area (Å²) in [6.07, 6.45) is 3.92. The van der Waals surface area contributed by atoms with Crippen molar-refractivity contribution in [1.29, 1.82) is 0 Å². The maximum atomic E-state index is 14.2. The van der Waals surface area contributed by atoms with E-state index in [0.717, 1.165) is 25.9 Å². The van der Waals surface area contributed by atoms with Gasteiger partial charge < -0.3 is 5.32 Å². The molecule has 4 heteroatoms. The van der Waals surface area contributed by atoms with E-state index < -0.39 is 11.6 Å². The first-order valence-corrected chi connectivity index (χ1v) is 8.65. The fourth-order valence-electron chi connectivity index (χ4n) is 3.43. The standard InChI is InChI=1S/C17H24BrF2N/c1-3-21-10-12-5-4-11(2)8-13(12)9-14-16(19)7-6-15(18)17(14)20/h6-7,11-13,21H,3-5,8-10H2,1-2H3. The normalized spacial score (nSPS) is 26.0. The second kappa shape index (κ2) is 7.68. The minimum absolute atomic E-state index is 0.241. The van der Waals surface area contributed by atoms with Gasteiger partial charge in [0.1, 0.15) is 11.6 Å². The van der Waals surface area contributed by atoms with Crippen molar-refractivity contribution in [2.45, 2.75) is 39.5 Å². The van der Waals surface area contributed by atoms with Crippen molar-refractivity contribution < 1.29 is 8.78 Å². The van der Waals surface area contributed by atoms with E-state index in [2.05, 4.69) is 35.1 Å². The molecule has 1 aromatic rings. The molecule has 3 unspecified atom stereocenters. The van der Waals surface area contributed by atoms with E-state index in [4.69, 9.17) is 0 Å². The minimum atomic E-state index is -0.435. The smallest absolute Gasteiger partial charge is 0.143 e. The molecule has 0 bridgehead atoms. The van der Waals surface area contributed by atoms with E-state index in [0.29, 0.717) is 28.6 Å². The molecule has 0 aliphatic heterocycles. The lowest BCUT2D eigenvalue weighted by molar-refractivity contribution is 0.182. The summed E-state index contributed by atoms with van der Waals surface area (Å²) >= 11 is 3.16. The van der Waals surface area contributed by atoms with Gasteiger partial charge in [-0.25, -0.2) is 8.78 Å². The number of hydrogen-bond donors (Lipinski definition) is 1. The van der Waals surface area contributed by atoms with Crippen LogP contribution in [0.25, 0.3) is 0 Å². The van der Waals surface area contributed by atoms with E-state index in [-0.39, 0.29) is 5.56 Å². The third kappa shape index (κ3) is 4.26. The predicted octanol–water partition coefficient (Wildman–Crippen LogP) is 4.93. The van der Waals surface area contributed by atoms with Gasteiger partial charge in [-0.05, 0) is 78.2 Å². The van der Waals surface area contributed by atoms with Crippen LogP contribution in [0, 0.1) is 29.4 Å². The average molecular weight is 360 g/mol. The van der Waals surface area contributed by atoms with Crippen molar-refractivity contribution in [3.63, 3.8) is 0 Å². The molecule has 0 amide bonds. The highest BCUT2D eigenvalue weighted by Gasteiger charge is 2.30. The van der Waals surface area contributed by atoms with Crippen molar-refractivity contribution in [2.75, 3.05) is 13.1 Å². The Hall–Kier alpha value is -0.480. The van der Waals surface area contributed by atoms with Crippen molar-refractivity contribution >= 4 is 15.9 Å². The molecule has 1 aliphatic carbocycles. The second-order valence-electron chi connectivity index (χ2n) is 6.27. The van der Waals surface area contributed by atoms with Crippen LogP contribution >= 0.6 is 15.9 Å². The van der Waals surface area contributed by atoms with Gasteiger partial charge in [-0.15, -0.1) is 0 Å². The molecule has 2 rings (SSSR count). The summed E-state index contributed by atoms with van der Waals surface area (Å²) in [7, 11) is 0. The predicted molar refractivity (Wildman–Crippen MR) is 86.3 cm³/mol. The van der Waals surface area contributed by atoms with Gasteiger partial charge in [0.25, 0.3) is 0 Å². The topological polar surface area (TPSA) is 12.0 Å². The van der Waals surface area contributed by atoms with Crippen LogP contribution in [-0.4, -0.2) is 13.1 Å². The first-order chi connectivity index (χ1) is 10.0. The first-order valence-electron chi connectivity index (χ1n) is 7.86. The molecule has 1 nitrogen and oxygen atoms in total. The zero-order chi connectivity index (χ0) is 15.4. The van der Waals surface area contributed by atoms with Gasteiger partial charge in [0.15, 0.2) is 0 Å². The van der Waals surface area contributed by atoms with Crippen molar-refractivity contribution in [2.24, 2.45) is 17.8 Å². The van der Waals surface area contributed by atoms with Gasteiger partial charge in [0.05, 0.1) is 4.47 Å². The fraction of sp³-hybridized carbons (Fsp3) is 0.647. The van der Waals surface area contributed by atoms with Crippen LogP contribution in [0.15, 0.2) is 16.6 Å². The average Bonchev–Trinajstić information content (AvgIpc) is 2.47. The largest absolute Gasteiger partial charge is 0.317 e. The molecule has 1 aromatic carbocycles. The Kier molecular flexibility index (Phi) is 6.18. The molecule has 1 fully saturated rings. The Bertz CT molecular complexity index is 476. The summed E-state index contributed by atoms with van der Waals surface area (Å²) < 4.78 is 28.5. The second-order valence-corrected chi connectivity index (χ2v) is 7.13. The monoisotopic (exact) mass is 359 g/mol. The summed E-state index contributed by atoms with van der Waals surface area (Å²) in [6.45, 7) is 6.22. The van der Waals surface area contributed by atoms with Crippen LogP contribution < -0.4 is 5.32 Å². The lowest BCUT2D eigenvalue weighted by Gasteiger charge is -2.35. The van der Waals surface area contributed by atoms with Crippen LogP contribution in [0.1, 0.15) is 38.7 Å². The summed E-state index contributed by atoms with van der Waals surface area (Å²) in [6, 6.07) is 2.79. The molecule has 1 aliphatic rings. The lowest BCUT2D eigenvalue weighted by Crippen LogP contribution is -2.34. The minimum Gasteiger partial charge on any atom is -0.317 e. The number of halogens is 3. The molecule has 0 spiro atoms. The van der Waals surface area contributed by atoms with E-state index >= 15 is 0 Å². The Labute approximate surface area is 134 Å². The molecule has 21 heavy (non-hydrogen) atoms. The molecule has 0 heterocycles. The molecule has 0 aromatic heterocycles. The molecule has 1 saturated carbocycles. The summed E-state index contributed by atoms with van der Waals surface area (Å²) in [5, 5.41) is 3.39. The summed E-state index contributed by atoms with van der Waals surface area (Å²) in [5.41, 5.74) is 0.241. The molecule has 0 saturated heterocycles. The van der Waals surface area contributed by atoms with Crippen molar-refractivity contribution in [3.05, 3.63) is 33.8 Å². The van der Waals surface area contributed by atoms with Crippen LogP contribution in [-0.2, 0) is 6.42 Å². The van der Waals surface area contributed by atoms with Gasteiger partial charge in [-0.2, -0.15) is 0 Å². The maximum Gasteiger partial charge on any atom is 0.143 e. The van der Waals surface area contributed by atoms with E-state index in [1.165, 1.54) is 18.6 Å². The Morgan fingerprint density at radius 2 is 2.00 bits per heavy atom. The highest BCUT2D eigenvalue weighted by atomic mass is 79.9. The van der Waals surface area contributed by atoms with Gasteiger partial charge in [0, 0.05) is 5.56 Å². The Balaban J connectivity index is 2.16. The zero-order valence-electron chi connectivity index (χ0n) is 12.8.